The third-order valence-corrected chi connectivity index (χ3v) is 5.70. The summed E-state index contributed by atoms with van der Waals surface area (Å²) in [4.78, 5) is 4.66. The molecule has 0 saturated carbocycles. The van der Waals surface area contributed by atoms with E-state index in [1.54, 1.807) is 10.8 Å². The van der Waals surface area contributed by atoms with E-state index < -0.39 is 0 Å². The first-order valence-electron chi connectivity index (χ1n) is 4.90. The Morgan fingerprint density at radius 3 is 2.29 bits per heavy atom. The van der Waals surface area contributed by atoms with Crippen LogP contribution in [-0.2, 0) is 0 Å². The van der Waals surface area contributed by atoms with Gasteiger partial charge in [-0.25, -0.2) is 0 Å². The van der Waals surface area contributed by atoms with Crippen molar-refractivity contribution < 1.29 is 0 Å². The van der Waals surface area contributed by atoms with E-state index in [1.165, 1.54) is 0 Å². The Hall–Kier alpha value is 0.550. The van der Waals surface area contributed by atoms with Crippen LogP contribution in [0.2, 0.25) is 0 Å². The highest BCUT2D eigenvalue weighted by atomic mass is 33.1. The van der Waals surface area contributed by atoms with E-state index >= 15 is 0 Å². The topological polar surface area (TPSA) is 6.48 Å². The number of hydrogen-bond donors (Lipinski definition) is 0. The molecule has 82 valence electrons. The summed E-state index contributed by atoms with van der Waals surface area (Å²) in [5.41, 5.74) is 0. The van der Waals surface area contributed by atoms with Gasteiger partial charge in [-0.1, -0.05) is 36.9 Å². The van der Waals surface area contributed by atoms with Crippen molar-refractivity contribution in [2.45, 2.75) is 19.1 Å². The Labute approximate surface area is 100 Å². The minimum absolute atomic E-state index is 0.644. The van der Waals surface area contributed by atoms with Crippen molar-refractivity contribution in [3.05, 3.63) is 0 Å². The number of likely N-dealkylation sites (N-methyl/N-ethyl adjacent to an activating group) is 1. The third kappa shape index (κ3) is 4.38. The van der Waals surface area contributed by atoms with Gasteiger partial charge in [-0.15, -0.1) is 0 Å². The van der Waals surface area contributed by atoms with Crippen molar-refractivity contribution in [1.29, 1.82) is 0 Å². The molecule has 1 heterocycles. The molecule has 0 aliphatic carbocycles. The standard InChI is InChI=1S/C9H18N2S3/c1-8(2)13-14-9(12)11-6-4-10(3)5-7-11/h8H,4-7H2,1-3H3. The van der Waals surface area contributed by atoms with Gasteiger partial charge in [0.25, 0.3) is 0 Å². The fourth-order valence-corrected chi connectivity index (χ4v) is 3.42. The highest BCUT2D eigenvalue weighted by Crippen LogP contribution is 2.29. The van der Waals surface area contributed by atoms with E-state index in [9.17, 15) is 0 Å². The first-order valence-corrected chi connectivity index (χ1v) is 7.52. The van der Waals surface area contributed by atoms with Gasteiger partial charge in [-0.3, -0.25) is 0 Å². The quantitative estimate of drug-likeness (QED) is 0.546. The van der Waals surface area contributed by atoms with Crippen molar-refractivity contribution in [3.8, 4) is 0 Å². The zero-order valence-corrected chi connectivity index (χ0v) is 11.5. The lowest BCUT2D eigenvalue weighted by atomic mass is 10.4. The van der Waals surface area contributed by atoms with Gasteiger partial charge in [0, 0.05) is 31.4 Å². The Morgan fingerprint density at radius 1 is 1.21 bits per heavy atom. The second-order valence-corrected chi connectivity index (χ2v) is 7.20. The summed E-state index contributed by atoms with van der Waals surface area (Å²) in [5.74, 6) is 0. The summed E-state index contributed by atoms with van der Waals surface area (Å²) in [5, 5.41) is 0.644. The van der Waals surface area contributed by atoms with Gasteiger partial charge >= 0.3 is 0 Å². The molecule has 1 fully saturated rings. The smallest absolute Gasteiger partial charge is 0.147 e. The second-order valence-electron chi connectivity index (χ2n) is 3.78. The molecule has 1 aliphatic heterocycles. The molecule has 0 unspecified atom stereocenters. The van der Waals surface area contributed by atoms with E-state index in [1.807, 2.05) is 10.8 Å². The van der Waals surface area contributed by atoms with Gasteiger partial charge in [-0.05, 0) is 17.8 Å². The average Bonchev–Trinajstić information content (AvgIpc) is 2.15. The fourth-order valence-electron chi connectivity index (χ4n) is 1.18. The van der Waals surface area contributed by atoms with E-state index in [-0.39, 0.29) is 0 Å². The van der Waals surface area contributed by atoms with E-state index in [0.717, 1.165) is 30.5 Å². The molecule has 1 saturated heterocycles. The molecule has 0 aromatic carbocycles. The van der Waals surface area contributed by atoms with Crippen LogP contribution in [-0.4, -0.2) is 52.6 Å². The predicted molar refractivity (Wildman–Crippen MR) is 72.0 cm³/mol. The van der Waals surface area contributed by atoms with Crippen molar-refractivity contribution >= 4 is 38.1 Å². The predicted octanol–water partition coefficient (Wildman–Crippen LogP) is 2.31. The first kappa shape index (κ1) is 12.6. The minimum atomic E-state index is 0.644. The van der Waals surface area contributed by atoms with Gasteiger partial charge in [0.1, 0.15) is 4.32 Å². The molecule has 1 rings (SSSR count). The average molecular weight is 250 g/mol. The van der Waals surface area contributed by atoms with Crippen LogP contribution in [0.5, 0.6) is 0 Å². The number of nitrogens with zero attached hydrogens (tertiary/aromatic N) is 2. The molecule has 0 aromatic heterocycles. The van der Waals surface area contributed by atoms with Crippen LogP contribution < -0.4 is 0 Å². The molecule has 0 bridgehead atoms. The zero-order chi connectivity index (χ0) is 10.6. The number of rotatable bonds is 2. The van der Waals surface area contributed by atoms with E-state index in [0.29, 0.717) is 5.25 Å². The van der Waals surface area contributed by atoms with Crippen LogP contribution in [0.15, 0.2) is 0 Å². The summed E-state index contributed by atoms with van der Waals surface area (Å²) in [6.45, 7) is 8.83. The van der Waals surface area contributed by atoms with Crippen LogP contribution in [0.1, 0.15) is 13.8 Å². The molecule has 0 atom stereocenters. The summed E-state index contributed by atoms with van der Waals surface area (Å²) < 4.78 is 1.05. The Bertz CT molecular complexity index is 188. The highest BCUT2D eigenvalue weighted by molar-refractivity contribution is 8.83. The maximum Gasteiger partial charge on any atom is 0.147 e. The second kappa shape index (κ2) is 6.20. The SMILES string of the molecule is CC(C)SSC(=S)N1CCN(C)CC1. The summed E-state index contributed by atoms with van der Waals surface area (Å²) in [6, 6.07) is 0. The first-order chi connectivity index (χ1) is 6.59. The molecule has 0 amide bonds. The molecule has 0 radical (unpaired) electrons. The lowest BCUT2D eigenvalue weighted by molar-refractivity contribution is 0.220. The Balaban J connectivity index is 2.24. The molecule has 2 nitrogen and oxygen atoms in total. The molecule has 1 aliphatic rings. The molecule has 0 N–H and O–H groups in total. The van der Waals surface area contributed by atoms with Gasteiger partial charge in [0.15, 0.2) is 0 Å². The van der Waals surface area contributed by atoms with Gasteiger partial charge in [0.2, 0.25) is 0 Å². The monoisotopic (exact) mass is 250 g/mol. The van der Waals surface area contributed by atoms with Gasteiger partial charge in [0.05, 0.1) is 0 Å². The number of piperazine rings is 1. The normalized spacial score (nSPS) is 19.0. The van der Waals surface area contributed by atoms with Crippen LogP contribution in [0, 0.1) is 0 Å². The highest BCUT2D eigenvalue weighted by Gasteiger charge is 2.16. The summed E-state index contributed by atoms with van der Waals surface area (Å²) >= 11 is 5.38. The fraction of sp³-hybridized carbons (Fsp3) is 0.889. The van der Waals surface area contributed by atoms with Crippen molar-refractivity contribution in [2.24, 2.45) is 0 Å². The number of hydrogen-bond acceptors (Lipinski definition) is 4. The maximum absolute atomic E-state index is 5.38. The number of thiocarbonyl (C=S) groups is 1. The maximum atomic E-state index is 5.38. The van der Waals surface area contributed by atoms with Crippen LogP contribution >= 0.6 is 33.8 Å². The summed E-state index contributed by atoms with van der Waals surface area (Å²) in [7, 11) is 5.76. The van der Waals surface area contributed by atoms with Crippen LogP contribution in [0.3, 0.4) is 0 Å². The van der Waals surface area contributed by atoms with Crippen LogP contribution in [0.25, 0.3) is 0 Å². The largest absolute Gasteiger partial charge is 0.354 e. The van der Waals surface area contributed by atoms with Gasteiger partial charge in [-0.2, -0.15) is 0 Å². The zero-order valence-electron chi connectivity index (χ0n) is 9.02. The minimum Gasteiger partial charge on any atom is -0.354 e. The van der Waals surface area contributed by atoms with E-state index in [4.69, 9.17) is 12.2 Å². The van der Waals surface area contributed by atoms with Gasteiger partial charge < -0.3 is 9.80 Å². The Kier molecular flexibility index (Phi) is 5.59. The molecule has 14 heavy (non-hydrogen) atoms. The van der Waals surface area contributed by atoms with Crippen LogP contribution in [0.4, 0.5) is 0 Å². The lowest BCUT2D eigenvalue weighted by Gasteiger charge is -2.33. The van der Waals surface area contributed by atoms with Crippen molar-refractivity contribution in [3.63, 3.8) is 0 Å². The van der Waals surface area contributed by atoms with Crippen molar-refractivity contribution in [1.82, 2.24) is 9.80 Å². The van der Waals surface area contributed by atoms with E-state index in [2.05, 4.69) is 30.7 Å². The van der Waals surface area contributed by atoms with Crippen molar-refractivity contribution in [2.75, 3.05) is 33.2 Å². The molecule has 5 heteroatoms. The molecule has 0 spiro atoms. The lowest BCUT2D eigenvalue weighted by Crippen LogP contribution is -2.45. The molecule has 0 aromatic rings. The Morgan fingerprint density at radius 2 is 1.79 bits per heavy atom. The third-order valence-electron chi connectivity index (χ3n) is 2.07. The molecular weight excluding hydrogens is 232 g/mol. The summed E-state index contributed by atoms with van der Waals surface area (Å²) in [6.07, 6.45) is 0. The molecular formula is C9H18N2S3.